The summed E-state index contributed by atoms with van der Waals surface area (Å²) in [6.45, 7) is 0. The highest BCUT2D eigenvalue weighted by Crippen LogP contribution is 2.52. The molecule has 3 unspecified atom stereocenters. The fraction of sp³-hybridized carbons (Fsp3) is 0.875. The lowest BCUT2D eigenvalue weighted by molar-refractivity contribution is -0.186. The molecular formula is C8H9F3O. The quantitative estimate of drug-likeness (QED) is 0.555. The number of rotatable bonds is 0. The molecule has 0 aromatic heterocycles. The van der Waals surface area contributed by atoms with Gasteiger partial charge in [0.25, 0.3) is 0 Å². The van der Waals surface area contributed by atoms with Crippen molar-refractivity contribution in [2.24, 2.45) is 17.8 Å². The average Bonchev–Trinajstić information content (AvgIpc) is 2.63. The number of carbonyl (C=O) groups is 1. The standard InChI is InChI=1S/C8H9F3O/c9-8(10,11)6-2-1-4-3-5(4)7(6)12/h4-6H,1-3H2. The van der Waals surface area contributed by atoms with E-state index in [0.717, 1.165) is 0 Å². The summed E-state index contributed by atoms with van der Waals surface area (Å²) in [5.74, 6) is -2.17. The van der Waals surface area contributed by atoms with Crippen LogP contribution in [0, 0.1) is 17.8 Å². The second-order valence-corrected chi connectivity index (χ2v) is 3.68. The van der Waals surface area contributed by atoms with E-state index in [4.69, 9.17) is 0 Å². The molecule has 2 aliphatic rings. The summed E-state index contributed by atoms with van der Waals surface area (Å²) in [5.41, 5.74) is 0. The van der Waals surface area contributed by atoms with Crippen molar-refractivity contribution >= 4 is 5.78 Å². The van der Waals surface area contributed by atoms with Crippen LogP contribution < -0.4 is 0 Å². The van der Waals surface area contributed by atoms with Crippen molar-refractivity contribution in [2.75, 3.05) is 0 Å². The molecule has 0 spiro atoms. The second-order valence-electron chi connectivity index (χ2n) is 3.68. The first-order valence-corrected chi connectivity index (χ1v) is 4.10. The fourth-order valence-electron chi connectivity index (χ4n) is 2.02. The number of alkyl halides is 3. The molecule has 0 N–H and O–H groups in total. The van der Waals surface area contributed by atoms with Gasteiger partial charge in [-0.3, -0.25) is 4.79 Å². The van der Waals surface area contributed by atoms with Crippen molar-refractivity contribution in [1.29, 1.82) is 0 Å². The fourth-order valence-corrected chi connectivity index (χ4v) is 2.02. The zero-order chi connectivity index (χ0) is 8.93. The summed E-state index contributed by atoms with van der Waals surface area (Å²) in [7, 11) is 0. The second kappa shape index (κ2) is 2.24. The Hall–Kier alpha value is -0.540. The van der Waals surface area contributed by atoms with E-state index in [1.807, 2.05) is 0 Å². The first-order chi connectivity index (χ1) is 5.50. The molecule has 68 valence electrons. The molecule has 0 amide bonds. The van der Waals surface area contributed by atoms with Crippen molar-refractivity contribution < 1.29 is 18.0 Å². The van der Waals surface area contributed by atoms with Gasteiger partial charge in [0.1, 0.15) is 11.7 Å². The van der Waals surface area contributed by atoms with Gasteiger partial charge < -0.3 is 0 Å². The molecule has 0 saturated heterocycles. The van der Waals surface area contributed by atoms with E-state index in [9.17, 15) is 18.0 Å². The summed E-state index contributed by atoms with van der Waals surface area (Å²) in [6, 6.07) is 0. The summed E-state index contributed by atoms with van der Waals surface area (Å²) >= 11 is 0. The number of carbonyl (C=O) groups excluding carboxylic acids is 1. The van der Waals surface area contributed by atoms with E-state index in [0.29, 0.717) is 12.8 Å². The van der Waals surface area contributed by atoms with Crippen LogP contribution in [0.4, 0.5) is 13.2 Å². The Kier molecular flexibility index (Phi) is 1.50. The lowest BCUT2D eigenvalue weighted by Gasteiger charge is -2.22. The Bertz CT molecular complexity index is 221. The maximum absolute atomic E-state index is 12.2. The Morgan fingerprint density at radius 2 is 1.92 bits per heavy atom. The molecule has 12 heavy (non-hydrogen) atoms. The summed E-state index contributed by atoms with van der Waals surface area (Å²) in [6.07, 6.45) is -3.00. The molecule has 0 radical (unpaired) electrons. The Morgan fingerprint density at radius 1 is 1.25 bits per heavy atom. The molecule has 2 saturated carbocycles. The van der Waals surface area contributed by atoms with Gasteiger partial charge in [0.15, 0.2) is 0 Å². The first-order valence-electron chi connectivity index (χ1n) is 4.10. The summed E-state index contributed by atoms with van der Waals surface area (Å²) in [5, 5.41) is 0. The third kappa shape index (κ3) is 1.13. The minimum Gasteiger partial charge on any atom is -0.299 e. The summed E-state index contributed by atoms with van der Waals surface area (Å²) in [4.78, 5) is 11.1. The zero-order valence-electron chi connectivity index (χ0n) is 6.40. The molecule has 0 heterocycles. The third-order valence-corrected chi connectivity index (χ3v) is 2.85. The van der Waals surface area contributed by atoms with Crippen molar-refractivity contribution in [1.82, 2.24) is 0 Å². The van der Waals surface area contributed by atoms with E-state index in [-0.39, 0.29) is 18.3 Å². The molecule has 2 fully saturated rings. The van der Waals surface area contributed by atoms with Crippen LogP contribution in [0.15, 0.2) is 0 Å². The molecule has 1 nitrogen and oxygen atoms in total. The number of hydrogen-bond donors (Lipinski definition) is 0. The van der Waals surface area contributed by atoms with Crippen molar-refractivity contribution in [2.45, 2.75) is 25.4 Å². The van der Waals surface area contributed by atoms with Crippen molar-refractivity contribution in [3.8, 4) is 0 Å². The summed E-state index contributed by atoms with van der Waals surface area (Å²) < 4.78 is 36.5. The van der Waals surface area contributed by atoms with Gasteiger partial charge >= 0.3 is 6.18 Å². The van der Waals surface area contributed by atoms with Crippen LogP contribution >= 0.6 is 0 Å². The van der Waals surface area contributed by atoms with E-state index in [2.05, 4.69) is 0 Å². The van der Waals surface area contributed by atoms with Crippen LogP contribution in [0.2, 0.25) is 0 Å². The highest BCUT2D eigenvalue weighted by atomic mass is 19.4. The Labute approximate surface area is 67.9 Å². The molecule has 0 bridgehead atoms. The number of halogens is 3. The molecular weight excluding hydrogens is 169 g/mol. The van der Waals surface area contributed by atoms with Crippen LogP contribution in [-0.2, 0) is 4.79 Å². The number of fused-ring (bicyclic) bond motifs is 1. The molecule has 0 aliphatic heterocycles. The lowest BCUT2D eigenvalue weighted by atomic mass is 9.87. The maximum Gasteiger partial charge on any atom is 0.398 e. The van der Waals surface area contributed by atoms with Gasteiger partial charge in [-0.2, -0.15) is 13.2 Å². The lowest BCUT2D eigenvalue weighted by Crippen LogP contribution is -2.34. The molecule has 3 atom stereocenters. The minimum atomic E-state index is -4.30. The SMILES string of the molecule is O=C1C2CC2CCC1C(F)(F)F. The maximum atomic E-state index is 12.2. The van der Waals surface area contributed by atoms with Crippen LogP contribution in [0.1, 0.15) is 19.3 Å². The molecule has 0 aromatic carbocycles. The largest absolute Gasteiger partial charge is 0.398 e. The Morgan fingerprint density at radius 3 is 2.50 bits per heavy atom. The first kappa shape index (κ1) is 8.08. The molecule has 2 rings (SSSR count). The normalized spacial score (nSPS) is 40.9. The zero-order valence-corrected chi connectivity index (χ0v) is 6.40. The van der Waals surface area contributed by atoms with E-state index in [1.165, 1.54) is 0 Å². The van der Waals surface area contributed by atoms with Gasteiger partial charge in [-0.1, -0.05) is 0 Å². The van der Waals surface area contributed by atoms with E-state index < -0.39 is 17.9 Å². The number of Topliss-reactive ketones (excluding diaryl/α,β-unsaturated/α-hetero) is 1. The van der Waals surface area contributed by atoms with Crippen LogP contribution in [0.3, 0.4) is 0 Å². The Balaban J connectivity index is 2.11. The molecule has 0 aromatic rings. The average molecular weight is 178 g/mol. The van der Waals surface area contributed by atoms with Crippen LogP contribution in [0.25, 0.3) is 0 Å². The van der Waals surface area contributed by atoms with Crippen LogP contribution in [-0.4, -0.2) is 12.0 Å². The highest BCUT2D eigenvalue weighted by molar-refractivity contribution is 5.87. The van der Waals surface area contributed by atoms with Gasteiger partial charge in [-0.15, -0.1) is 0 Å². The minimum absolute atomic E-state index is 0.0174. The molecule has 4 heteroatoms. The predicted octanol–water partition coefficient (Wildman–Crippen LogP) is 2.16. The number of ketones is 1. The van der Waals surface area contributed by atoms with Gasteiger partial charge in [-0.25, -0.2) is 0 Å². The topological polar surface area (TPSA) is 17.1 Å². The van der Waals surface area contributed by atoms with Crippen molar-refractivity contribution in [3.05, 3.63) is 0 Å². The third-order valence-electron chi connectivity index (χ3n) is 2.85. The predicted molar refractivity (Wildman–Crippen MR) is 35.4 cm³/mol. The van der Waals surface area contributed by atoms with Crippen molar-refractivity contribution in [3.63, 3.8) is 0 Å². The smallest absolute Gasteiger partial charge is 0.299 e. The highest BCUT2D eigenvalue weighted by Gasteiger charge is 2.56. The van der Waals surface area contributed by atoms with Gasteiger partial charge in [0.05, 0.1) is 0 Å². The number of hydrogen-bond acceptors (Lipinski definition) is 1. The van der Waals surface area contributed by atoms with E-state index >= 15 is 0 Å². The van der Waals surface area contributed by atoms with Gasteiger partial charge in [-0.05, 0) is 25.2 Å². The monoisotopic (exact) mass is 178 g/mol. The van der Waals surface area contributed by atoms with Gasteiger partial charge in [0, 0.05) is 5.92 Å². The molecule has 2 aliphatic carbocycles. The van der Waals surface area contributed by atoms with E-state index in [1.54, 1.807) is 0 Å². The van der Waals surface area contributed by atoms with Crippen LogP contribution in [0.5, 0.6) is 0 Å². The van der Waals surface area contributed by atoms with Gasteiger partial charge in [0.2, 0.25) is 0 Å².